The zero-order valence-electron chi connectivity index (χ0n) is 13.2. The summed E-state index contributed by atoms with van der Waals surface area (Å²) in [5.41, 5.74) is 0.363. The van der Waals surface area contributed by atoms with E-state index in [0.717, 1.165) is 6.07 Å². The van der Waals surface area contributed by atoms with E-state index in [4.69, 9.17) is 11.6 Å². The van der Waals surface area contributed by atoms with Gasteiger partial charge in [0.1, 0.15) is 11.1 Å². The molecule has 0 saturated carbocycles. The Morgan fingerprint density at radius 2 is 2.08 bits per heavy atom. The highest BCUT2D eigenvalue weighted by molar-refractivity contribution is 6.29. The number of nitrogens with one attached hydrogen (secondary N) is 1. The van der Waals surface area contributed by atoms with Gasteiger partial charge in [-0.05, 0) is 23.8 Å². The van der Waals surface area contributed by atoms with Crippen LogP contribution in [0, 0.1) is 17.6 Å². The second-order valence-corrected chi connectivity index (χ2v) is 6.20. The Morgan fingerprint density at radius 3 is 2.76 bits per heavy atom. The van der Waals surface area contributed by atoms with Gasteiger partial charge in [0.25, 0.3) is 0 Å². The molecule has 25 heavy (non-hydrogen) atoms. The fourth-order valence-corrected chi connectivity index (χ4v) is 3.02. The number of likely N-dealkylation sites (tertiary alicyclic amines) is 1. The molecule has 3 rings (SSSR count). The summed E-state index contributed by atoms with van der Waals surface area (Å²) in [7, 11) is 1.58. The van der Waals surface area contributed by atoms with Gasteiger partial charge in [-0.2, -0.15) is 0 Å². The van der Waals surface area contributed by atoms with Crippen molar-refractivity contribution in [2.75, 3.05) is 18.9 Å². The van der Waals surface area contributed by atoms with E-state index in [1.807, 2.05) is 0 Å². The fourth-order valence-electron chi connectivity index (χ4n) is 2.91. The number of rotatable bonds is 3. The van der Waals surface area contributed by atoms with Crippen molar-refractivity contribution in [3.05, 3.63) is 58.9 Å². The molecule has 8 heteroatoms. The Morgan fingerprint density at radius 1 is 1.32 bits per heavy atom. The molecule has 0 unspecified atom stereocenters. The third-order valence-corrected chi connectivity index (χ3v) is 4.41. The first-order valence-corrected chi connectivity index (χ1v) is 7.87. The zero-order chi connectivity index (χ0) is 18.1. The van der Waals surface area contributed by atoms with Gasteiger partial charge < -0.3 is 10.2 Å². The number of amides is 2. The monoisotopic (exact) mass is 365 g/mol. The van der Waals surface area contributed by atoms with Crippen molar-refractivity contribution < 1.29 is 18.4 Å². The topological polar surface area (TPSA) is 62.3 Å². The molecule has 1 saturated heterocycles. The number of pyridine rings is 1. The highest BCUT2D eigenvalue weighted by atomic mass is 35.5. The molecule has 0 spiro atoms. The molecule has 1 aliphatic rings. The Bertz CT molecular complexity index is 829. The van der Waals surface area contributed by atoms with Gasteiger partial charge in [0, 0.05) is 25.7 Å². The van der Waals surface area contributed by atoms with Crippen LogP contribution in [0.3, 0.4) is 0 Å². The number of anilines is 1. The minimum atomic E-state index is -1.17. The number of carbonyl (C=O) groups is 2. The molecule has 1 fully saturated rings. The molecule has 1 aromatic heterocycles. The van der Waals surface area contributed by atoms with Gasteiger partial charge in [0.05, 0.1) is 5.69 Å². The summed E-state index contributed by atoms with van der Waals surface area (Å²) in [5, 5.41) is 2.60. The van der Waals surface area contributed by atoms with Gasteiger partial charge in [0.15, 0.2) is 11.6 Å². The average molecular weight is 366 g/mol. The Hall–Kier alpha value is -2.54. The third kappa shape index (κ3) is 3.32. The van der Waals surface area contributed by atoms with Crippen molar-refractivity contribution in [3.8, 4) is 0 Å². The first kappa shape index (κ1) is 17.3. The van der Waals surface area contributed by atoms with Crippen LogP contribution < -0.4 is 5.32 Å². The predicted octanol–water partition coefficient (Wildman–Crippen LogP) is 2.82. The molecule has 1 aromatic carbocycles. The van der Waals surface area contributed by atoms with E-state index in [2.05, 4.69) is 10.3 Å². The Labute approximate surface area is 147 Å². The molecule has 2 amide bonds. The predicted molar refractivity (Wildman–Crippen MR) is 88.1 cm³/mol. The molecule has 2 aromatic rings. The number of nitrogens with zero attached hydrogens (tertiary/aromatic N) is 2. The van der Waals surface area contributed by atoms with E-state index in [1.165, 1.54) is 23.2 Å². The molecule has 1 N–H and O–H groups in total. The second-order valence-electron chi connectivity index (χ2n) is 5.81. The lowest BCUT2D eigenvalue weighted by molar-refractivity contribution is -0.135. The molecule has 1 aliphatic heterocycles. The minimum absolute atomic E-state index is 0.296. The molecule has 0 radical (unpaired) electrons. The maximum atomic E-state index is 13.8. The number of likely N-dealkylation sites (N-methyl/N-ethyl adjacent to an activating group) is 1. The van der Waals surface area contributed by atoms with Crippen LogP contribution >= 0.6 is 11.6 Å². The van der Waals surface area contributed by atoms with Crippen LogP contribution in [-0.4, -0.2) is 35.3 Å². The normalized spacial score (nSPS) is 20.0. The van der Waals surface area contributed by atoms with E-state index in [-0.39, 0.29) is 5.69 Å². The number of hydrogen-bond acceptors (Lipinski definition) is 3. The summed E-state index contributed by atoms with van der Waals surface area (Å²) in [4.78, 5) is 30.4. The zero-order valence-corrected chi connectivity index (χ0v) is 13.9. The van der Waals surface area contributed by atoms with Crippen molar-refractivity contribution in [1.29, 1.82) is 0 Å². The Balaban J connectivity index is 1.89. The maximum absolute atomic E-state index is 13.8. The molecule has 0 aliphatic carbocycles. The summed E-state index contributed by atoms with van der Waals surface area (Å²) < 4.78 is 27.1. The molecule has 0 bridgehead atoms. The number of carbonyl (C=O) groups excluding carboxylic acids is 2. The lowest BCUT2D eigenvalue weighted by Gasteiger charge is -2.17. The third-order valence-electron chi connectivity index (χ3n) is 4.19. The highest BCUT2D eigenvalue weighted by Crippen LogP contribution is 2.34. The summed E-state index contributed by atoms with van der Waals surface area (Å²) in [6.45, 7) is 0.311. The average Bonchev–Trinajstić information content (AvgIpc) is 2.88. The number of hydrogen-bond donors (Lipinski definition) is 1. The van der Waals surface area contributed by atoms with Crippen LogP contribution in [0.1, 0.15) is 11.5 Å². The molecular weight excluding hydrogens is 352 g/mol. The van der Waals surface area contributed by atoms with E-state index in [1.54, 1.807) is 19.2 Å². The molecule has 2 heterocycles. The first-order valence-electron chi connectivity index (χ1n) is 7.50. The largest absolute Gasteiger partial charge is 0.344 e. The van der Waals surface area contributed by atoms with Crippen LogP contribution in [-0.2, 0) is 9.59 Å². The molecule has 5 nitrogen and oxygen atoms in total. The van der Waals surface area contributed by atoms with Gasteiger partial charge in [-0.3, -0.25) is 9.59 Å². The van der Waals surface area contributed by atoms with Gasteiger partial charge >= 0.3 is 0 Å². The lowest BCUT2D eigenvalue weighted by atomic mass is 9.89. The fraction of sp³-hybridized carbons (Fsp3) is 0.235. The van der Waals surface area contributed by atoms with Gasteiger partial charge in [0.2, 0.25) is 11.8 Å². The first-order chi connectivity index (χ1) is 11.9. The van der Waals surface area contributed by atoms with E-state index in [9.17, 15) is 18.4 Å². The molecular formula is C17H14ClF2N3O2. The van der Waals surface area contributed by atoms with Crippen molar-refractivity contribution in [3.63, 3.8) is 0 Å². The molecule has 130 valence electrons. The summed E-state index contributed by atoms with van der Waals surface area (Å²) in [6, 6.07) is 6.72. The van der Waals surface area contributed by atoms with Crippen molar-refractivity contribution in [1.82, 2.24) is 9.88 Å². The van der Waals surface area contributed by atoms with Crippen molar-refractivity contribution in [2.45, 2.75) is 5.92 Å². The van der Waals surface area contributed by atoms with Crippen LogP contribution in [0.4, 0.5) is 14.5 Å². The Kier molecular flexibility index (Phi) is 4.67. The van der Waals surface area contributed by atoms with Crippen LogP contribution in [0.15, 0.2) is 36.5 Å². The van der Waals surface area contributed by atoms with Gasteiger partial charge in [-0.1, -0.05) is 23.7 Å². The lowest BCUT2D eigenvalue weighted by Crippen LogP contribution is -2.33. The number of benzene rings is 1. The summed E-state index contributed by atoms with van der Waals surface area (Å²) >= 11 is 5.77. The maximum Gasteiger partial charge on any atom is 0.237 e. The van der Waals surface area contributed by atoms with E-state index < -0.39 is 35.3 Å². The van der Waals surface area contributed by atoms with Gasteiger partial charge in [-0.25, -0.2) is 13.8 Å². The summed E-state index contributed by atoms with van der Waals surface area (Å²) in [6.07, 6.45) is 1.50. The van der Waals surface area contributed by atoms with Crippen molar-refractivity contribution in [2.24, 2.45) is 5.92 Å². The highest BCUT2D eigenvalue weighted by Gasteiger charge is 2.44. The van der Waals surface area contributed by atoms with Crippen LogP contribution in [0.5, 0.6) is 0 Å². The quantitative estimate of drug-likeness (QED) is 0.672. The van der Waals surface area contributed by atoms with Crippen molar-refractivity contribution >= 4 is 29.1 Å². The van der Waals surface area contributed by atoms with Crippen LogP contribution in [0.25, 0.3) is 0 Å². The second kappa shape index (κ2) is 6.76. The number of aromatic nitrogens is 1. The van der Waals surface area contributed by atoms with Gasteiger partial charge in [-0.15, -0.1) is 0 Å². The summed E-state index contributed by atoms with van der Waals surface area (Å²) in [5.74, 6) is -4.85. The SMILES string of the molecule is CN1C[C@@H](c2ccc(Cl)nc2)[C@H](C(=O)Nc2cccc(F)c2F)C1=O. The van der Waals surface area contributed by atoms with Crippen LogP contribution in [0.2, 0.25) is 5.15 Å². The van der Waals surface area contributed by atoms with E-state index >= 15 is 0 Å². The molecule has 2 atom stereocenters. The van der Waals surface area contributed by atoms with E-state index in [0.29, 0.717) is 17.3 Å². The number of halogens is 3. The minimum Gasteiger partial charge on any atom is -0.344 e. The standard InChI is InChI=1S/C17H14ClF2N3O2/c1-23-8-10(9-5-6-13(18)21-7-9)14(17(23)25)16(24)22-12-4-2-3-11(19)15(12)20/h2-7,10,14H,8H2,1H3,(H,22,24)/t10-,14+/m0/s1. The smallest absolute Gasteiger partial charge is 0.237 e.